The number of hydrogen-bond donors (Lipinski definition) is 2. The highest BCUT2D eigenvalue weighted by Gasteiger charge is 2.00. The van der Waals surface area contributed by atoms with Crippen LogP contribution in [0.3, 0.4) is 0 Å². The van der Waals surface area contributed by atoms with Gasteiger partial charge in [-0.05, 0) is 11.4 Å². The van der Waals surface area contributed by atoms with Crippen molar-refractivity contribution in [2.24, 2.45) is 5.73 Å². The first kappa shape index (κ1) is 8.07. The molecule has 3 N–H and O–H groups in total. The number of rotatable bonds is 2. The smallest absolute Gasteiger partial charge is 0.188 e. The number of hydrogen-bond acceptors (Lipinski definition) is 2. The van der Waals surface area contributed by atoms with Gasteiger partial charge < -0.3 is 10.6 Å². The van der Waals surface area contributed by atoms with E-state index in [1.807, 2.05) is 24.6 Å². The van der Waals surface area contributed by atoms with Crippen LogP contribution in [0.4, 0.5) is 0 Å². The lowest BCUT2D eigenvalue weighted by atomic mass is 10.4. The Kier molecular flexibility index (Phi) is 2.48. The van der Waals surface area contributed by atoms with Gasteiger partial charge in [-0.2, -0.15) is 0 Å². The SMILES string of the molecule is CN(Cc1cccs1)C(=N)N. The lowest BCUT2D eigenvalue weighted by Crippen LogP contribution is -2.31. The predicted octanol–water partition coefficient (Wildman–Crippen LogP) is 1.07. The zero-order valence-corrected chi connectivity index (χ0v) is 7.19. The van der Waals surface area contributed by atoms with Crippen LogP contribution in [0.1, 0.15) is 4.88 Å². The van der Waals surface area contributed by atoms with E-state index in [-0.39, 0.29) is 5.96 Å². The number of nitrogens with two attached hydrogens (primary N) is 1. The molecule has 0 radical (unpaired) electrons. The summed E-state index contributed by atoms with van der Waals surface area (Å²) in [6.45, 7) is 0.729. The monoisotopic (exact) mass is 169 g/mol. The highest BCUT2D eigenvalue weighted by atomic mass is 32.1. The maximum absolute atomic E-state index is 7.11. The molecule has 0 bridgehead atoms. The first-order chi connectivity index (χ1) is 5.20. The molecule has 0 saturated heterocycles. The summed E-state index contributed by atoms with van der Waals surface area (Å²) in [4.78, 5) is 2.92. The highest BCUT2D eigenvalue weighted by Crippen LogP contribution is 2.09. The van der Waals surface area contributed by atoms with Gasteiger partial charge in [0.05, 0.1) is 6.54 Å². The second-order valence-corrected chi connectivity index (χ2v) is 3.35. The average molecular weight is 169 g/mol. The Morgan fingerprint density at radius 2 is 2.55 bits per heavy atom. The Hall–Kier alpha value is -1.03. The molecule has 1 aromatic heterocycles. The molecule has 4 heteroatoms. The molecule has 0 amide bonds. The van der Waals surface area contributed by atoms with Crippen LogP contribution in [0.25, 0.3) is 0 Å². The summed E-state index contributed by atoms with van der Waals surface area (Å²) in [6.07, 6.45) is 0. The van der Waals surface area contributed by atoms with E-state index in [2.05, 4.69) is 0 Å². The molecule has 11 heavy (non-hydrogen) atoms. The fourth-order valence-electron chi connectivity index (χ4n) is 0.721. The van der Waals surface area contributed by atoms with Crippen LogP contribution in [0.5, 0.6) is 0 Å². The van der Waals surface area contributed by atoms with Crippen molar-refractivity contribution in [2.75, 3.05) is 7.05 Å². The lowest BCUT2D eigenvalue weighted by Gasteiger charge is -2.14. The van der Waals surface area contributed by atoms with E-state index >= 15 is 0 Å². The molecular weight excluding hydrogens is 158 g/mol. The number of guanidine groups is 1. The second-order valence-electron chi connectivity index (χ2n) is 2.32. The third-order valence-electron chi connectivity index (χ3n) is 1.38. The molecule has 0 fully saturated rings. The first-order valence-electron chi connectivity index (χ1n) is 3.27. The molecule has 0 atom stereocenters. The van der Waals surface area contributed by atoms with E-state index in [9.17, 15) is 0 Å². The highest BCUT2D eigenvalue weighted by molar-refractivity contribution is 7.09. The Morgan fingerprint density at radius 3 is 3.00 bits per heavy atom. The molecule has 1 rings (SSSR count). The lowest BCUT2D eigenvalue weighted by molar-refractivity contribution is 0.496. The van der Waals surface area contributed by atoms with Gasteiger partial charge >= 0.3 is 0 Å². The van der Waals surface area contributed by atoms with Gasteiger partial charge in [-0.25, -0.2) is 0 Å². The maximum Gasteiger partial charge on any atom is 0.188 e. The molecule has 0 aliphatic rings. The van der Waals surface area contributed by atoms with Crippen molar-refractivity contribution >= 4 is 17.3 Å². The van der Waals surface area contributed by atoms with Gasteiger partial charge in [0.2, 0.25) is 0 Å². The van der Waals surface area contributed by atoms with Gasteiger partial charge in [0, 0.05) is 11.9 Å². The van der Waals surface area contributed by atoms with Crippen molar-refractivity contribution < 1.29 is 0 Å². The molecule has 0 spiro atoms. The minimum Gasteiger partial charge on any atom is -0.370 e. The Labute approximate surface area is 70.0 Å². The van der Waals surface area contributed by atoms with Gasteiger partial charge in [-0.3, -0.25) is 5.41 Å². The summed E-state index contributed by atoms with van der Waals surface area (Å²) in [6, 6.07) is 4.03. The van der Waals surface area contributed by atoms with E-state index in [4.69, 9.17) is 11.1 Å². The van der Waals surface area contributed by atoms with Gasteiger partial charge in [-0.1, -0.05) is 6.07 Å². The summed E-state index contributed by atoms with van der Waals surface area (Å²) >= 11 is 1.67. The van der Waals surface area contributed by atoms with Crippen molar-refractivity contribution in [3.63, 3.8) is 0 Å². The van der Waals surface area contributed by atoms with Crippen LogP contribution in [0.15, 0.2) is 17.5 Å². The fourth-order valence-corrected chi connectivity index (χ4v) is 1.48. The van der Waals surface area contributed by atoms with Crippen molar-refractivity contribution in [2.45, 2.75) is 6.54 Å². The topological polar surface area (TPSA) is 53.1 Å². The van der Waals surface area contributed by atoms with Crippen LogP contribution >= 0.6 is 11.3 Å². The quantitative estimate of drug-likeness (QED) is 0.514. The summed E-state index contributed by atoms with van der Waals surface area (Å²) in [5, 5.41) is 9.13. The van der Waals surface area contributed by atoms with Crippen LogP contribution < -0.4 is 5.73 Å². The second kappa shape index (κ2) is 3.39. The number of thiophene rings is 1. The van der Waals surface area contributed by atoms with E-state index in [1.165, 1.54) is 4.88 Å². The van der Waals surface area contributed by atoms with Gasteiger partial charge in [-0.15, -0.1) is 11.3 Å². The molecule has 0 aliphatic heterocycles. The van der Waals surface area contributed by atoms with Gasteiger partial charge in [0.15, 0.2) is 5.96 Å². The number of nitrogens with zero attached hydrogens (tertiary/aromatic N) is 1. The van der Waals surface area contributed by atoms with E-state index < -0.39 is 0 Å². The first-order valence-corrected chi connectivity index (χ1v) is 4.15. The van der Waals surface area contributed by atoms with Crippen molar-refractivity contribution in [3.05, 3.63) is 22.4 Å². The predicted molar refractivity (Wildman–Crippen MR) is 47.7 cm³/mol. The van der Waals surface area contributed by atoms with Gasteiger partial charge in [0.25, 0.3) is 0 Å². The van der Waals surface area contributed by atoms with Crippen molar-refractivity contribution in [1.29, 1.82) is 5.41 Å². The van der Waals surface area contributed by atoms with E-state index in [0.29, 0.717) is 0 Å². The Balaban J connectivity index is 2.50. The van der Waals surface area contributed by atoms with Crippen LogP contribution in [-0.2, 0) is 6.54 Å². The zero-order valence-electron chi connectivity index (χ0n) is 6.37. The van der Waals surface area contributed by atoms with Crippen LogP contribution in [0.2, 0.25) is 0 Å². The Bertz CT molecular complexity index is 230. The third kappa shape index (κ3) is 2.23. The maximum atomic E-state index is 7.11. The standard InChI is InChI=1S/C7H11N3S/c1-10(7(8)9)5-6-3-2-4-11-6/h2-4H,5H2,1H3,(H3,8,9). The molecule has 1 aromatic rings. The minimum atomic E-state index is 0.110. The normalized spacial score (nSPS) is 9.55. The summed E-state index contributed by atoms with van der Waals surface area (Å²) < 4.78 is 0. The molecule has 60 valence electrons. The van der Waals surface area contributed by atoms with Crippen LogP contribution in [0, 0.1) is 5.41 Å². The molecule has 3 nitrogen and oxygen atoms in total. The summed E-state index contributed by atoms with van der Waals surface area (Å²) in [5.74, 6) is 0.110. The molecule has 0 aliphatic carbocycles. The fraction of sp³-hybridized carbons (Fsp3) is 0.286. The molecule has 0 unspecified atom stereocenters. The van der Waals surface area contributed by atoms with Crippen LogP contribution in [-0.4, -0.2) is 17.9 Å². The Morgan fingerprint density at radius 1 is 1.82 bits per heavy atom. The van der Waals surface area contributed by atoms with Gasteiger partial charge in [0.1, 0.15) is 0 Å². The zero-order chi connectivity index (χ0) is 8.27. The molecule has 0 aromatic carbocycles. The summed E-state index contributed by atoms with van der Waals surface area (Å²) in [5.41, 5.74) is 5.27. The third-order valence-corrected chi connectivity index (χ3v) is 2.25. The van der Waals surface area contributed by atoms with E-state index in [1.54, 1.807) is 16.2 Å². The summed E-state index contributed by atoms with van der Waals surface area (Å²) in [7, 11) is 1.81. The van der Waals surface area contributed by atoms with Crippen molar-refractivity contribution in [1.82, 2.24) is 4.90 Å². The van der Waals surface area contributed by atoms with Crippen molar-refractivity contribution in [3.8, 4) is 0 Å². The molecule has 0 saturated carbocycles. The molecule has 1 heterocycles. The number of nitrogens with one attached hydrogen (secondary N) is 1. The minimum absolute atomic E-state index is 0.110. The van der Waals surface area contributed by atoms with E-state index in [0.717, 1.165) is 6.54 Å². The molecular formula is C7H11N3S. The average Bonchev–Trinajstić information content (AvgIpc) is 2.39. The largest absolute Gasteiger partial charge is 0.370 e.